The molecule has 0 amide bonds. The van der Waals surface area contributed by atoms with Crippen molar-refractivity contribution in [3.05, 3.63) is 71.8 Å². The van der Waals surface area contributed by atoms with Crippen LogP contribution >= 0.6 is 0 Å². The highest BCUT2D eigenvalue weighted by Gasteiger charge is 2.17. The summed E-state index contributed by atoms with van der Waals surface area (Å²) in [7, 11) is 0. The molecular formula is C17H10F4N2. The minimum Gasteiger partial charge on any atom is -0.397 e. The fourth-order valence-electron chi connectivity index (χ4n) is 2.22. The van der Waals surface area contributed by atoms with Crippen LogP contribution in [0.4, 0.5) is 23.2 Å². The van der Waals surface area contributed by atoms with E-state index in [-0.39, 0.29) is 28.2 Å². The molecule has 0 radical (unpaired) electrons. The molecule has 1 aromatic heterocycles. The van der Waals surface area contributed by atoms with Crippen molar-refractivity contribution in [2.45, 2.75) is 0 Å². The summed E-state index contributed by atoms with van der Waals surface area (Å²) < 4.78 is 54.6. The molecule has 0 spiro atoms. The molecule has 3 rings (SSSR count). The Labute approximate surface area is 129 Å². The molecule has 0 fully saturated rings. The number of pyridine rings is 1. The highest BCUT2D eigenvalue weighted by molar-refractivity contribution is 5.76. The summed E-state index contributed by atoms with van der Waals surface area (Å²) in [4.78, 5) is 4.08. The van der Waals surface area contributed by atoms with Gasteiger partial charge in [0.1, 0.15) is 0 Å². The number of aromatic nitrogens is 1. The number of halogens is 4. The summed E-state index contributed by atoms with van der Waals surface area (Å²) in [5, 5.41) is 0. The summed E-state index contributed by atoms with van der Waals surface area (Å²) in [6.45, 7) is 0. The van der Waals surface area contributed by atoms with Gasteiger partial charge < -0.3 is 5.73 Å². The minimum atomic E-state index is -1.11. The predicted octanol–water partition coefficient (Wildman–Crippen LogP) is 4.55. The molecule has 0 aliphatic carbocycles. The lowest BCUT2D eigenvalue weighted by Crippen LogP contribution is -2.00. The number of benzene rings is 2. The Morgan fingerprint density at radius 1 is 0.696 bits per heavy atom. The first-order chi connectivity index (χ1) is 11.0. The molecule has 23 heavy (non-hydrogen) atoms. The molecule has 0 aliphatic rings. The third-order valence-electron chi connectivity index (χ3n) is 3.36. The van der Waals surface area contributed by atoms with Gasteiger partial charge in [0.25, 0.3) is 0 Å². The summed E-state index contributed by atoms with van der Waals surface area (Å²) in [5.41, 5.74) is 5.64. The number of hydrogen-bond acceptors (Lipinski definition) is 2. The third-order valence-corrected chi connectivity index (χ3v) is 3.36. The standard InChI is InChI=1S/C17H10F4N2/c18-11-5-1-3-9(15(11)20)14-8-7-13(22)17(23-14)10-4-2-6-12(19)16(10)21/h1-8H,22H2. The highest BCUT2D eigenvalue weighted by atomic mass is 19.2. The minimum absolute atomic E-state index is 0.0387. The van der Waals surface area contributed by atoms with Gasteiger partial charge in [0.2, 0.25) is 0 Å². The fourth-order valence-corrected chi connectivity index (χ4v) is 2.22. The Morgan fingerprint density at radius 2 is 1.26 bits per heavy atom. The van der Waals surface area contributed by atoms with Gasteiger partial charge in [0.15, 0.2) is 23.3 Å². The lowest BCUT2D eigenvalue weighted by atomic mass is 10.1. The topological polar surface area (TPSA) is 38.9 Å². The predicted molar refractivity (Wildman–Crippen MR) is 79.4 cm³/mol. The van der Waals surface area contributed by atoms with Gasteiger partial charge in [-0.15, -0.1) is 0 Å². The van der Waals surface area contributed by atoms with Gasteiger partial charge in [-0.1, -0.05) is 12.1 Å². The quantitative estimate of drug-likeness (QED) is 0.704. The van der Waals surface area contributed by atoms with E-state index in [4.69, 9.17) is 5.73 Å². The normalized spacial score (nSPS) is 10.8. The zero-order chi connectivity index (χ0) is 16.6. The maximum atomic E-state index is 13.9. The molecule has 0 saturated heterocycles. The van der Waals surface area contributed by atoms with Crippen molar-refractivity contribution < 1.29 is 17.6 Å². The van der Waals surface area contributed by atoms with Gasteiger partial charge in [0.05, 0.1) is 17.1 Å². The van der Waals surface area contributed by atoms with Gasteiger partial charge in [-0.05, 0) is 36.4 Å². The van der Waals surface area contributed by atoms with Gasteiger partial charge in [-0.2, -0.15) is 0 Å². The van der Waals surface area contributed by atoms with Gasteiger partial charge in [-0.25, -0.2) is 22.5 Å². The number of anilines is 1. The van der Waals surface area contributed by atoms with Crippen LogP contribution in [-0.4, -0.2) is 4.98 Å². The first-order valence-electron chi connectivity index (χ1n) is 6.64. The smallest absolute Gasteiger partial charge is 0.168 e. The molecule has 0 saturated carbocycles. The summed E-state index contributed by atoms with van der Waals surface area (Å²) in [5.74, 6) is -4.26. The van der Waals surface area contributed by atoms with Crippen molar-refractivity contribution in [2.75, 3.05) is 5.73 Å². The van der Waals surface area contributed by atoms with E-state index < -0.39 is 23.3 Å². The molecule has 116 valence electrons. The Balaban J connectivity index is 2.21. The van der Waals surface area contributed by atoms with Crippen molar-refractivity contribution in [1.29, 1.82) is 0 Å². The molecular weight excluding hydrogens is 308 g/mol. The second-order valence-corrected chi connectivity index (χ2v) is 4.84. The SMILES string of the molecule is Nc1ccc(-c2cccc(F)c2F)nc1-c1cccc(F)c1F. The average Bonchev–Trinajstić information content (AvgIpc) is 2.54. The highest BCUT2D eigenvalue weighted by Crippen LogP contribution is 2.31. The van der Waals surface area contributed by atoms with Crippen LogP contribution in [0.3, 0.4) is 0 Å². The number of nitrogens with zero attached hydrogens (tertiary/aromatic N) is 1. The monoisotopic (exact) mass is 318 g/mol. The van der Waals surface area contributed by atoms with E-state index >= 15 is 0 Å². The van der Waals surface area contributed by atoms with E-state index in [9.17, 15) is 17.6 Å². The van der Waals surface area contributed by atoms with Crippen molar-refractivity contribution in [3.8, 4) is 22.5 Å². The van der Waals surface area contributed by atoms with E-state index in [2.05, 4.69) is 4.98 Å². The van der Waals surface area contributed by atoms with Crippen molar-refractivity contribution in [2.24, 2.45) is 0 Å². The first-order valence-corrected chi connectivity index (χ1v) is 6.64. The van der Waals surface area contributed by atoms with Crippen LogP contribution in [-0.2, 0) is 0 Å². The van der Waals surface area contributed by atoms with Gasteiger partial charge >= 0.3 is 0 Å². The van der Waals surface area contributed by atoms with E-state index in [0.29, 0.717) is 0 Å². The number of nitrogen functional groups attached to an aromatic ring is 1. The Hall–Kier alpha value is -2.89. The maximum Gasteiger partial charge on any atom is 0.168 e. The second-order valence-electron chi connectivity index (χ2n) is 4.84. The van der Waals surface area contributed by atoms with Crippen LogP contribution in [0.1, 0.15) is 0 Å². The van der Waals surface area contributed by atoms with Crippen LogP contribution < -0.4 is 5.73 Å². The van der Waals surface area contributed by atoms with E-state index in [0.717, 1.165) is 12.1 Å². The molecule has 3 aromatic rings. The molecule has 6 heteroatoms. The maximum absolute atomic E-state index is 13.9. The molecule has 2 N–H and O–H groups in total. The average molecular weight is 318 g/mol. The molecule has 2 nitrogen and oxygen atoms in total. The largest absolute Gasteiger partial charge is 0.397 e. The summed E-state index contributed by atoms with van der Waals surface area (Å²) in [6, 6.07) is 9.98. The van der Waals surface area contributed by atoms with E-state index in [1.54, 1.807) is 0 Å². The van der Waals surface area contributed by atoms with Crippen LogP contribution in [0.15, 0.2) is 48.5 Å². The Bertz CT molecular complexity index is 894. The summed E-state index contributed by atoms with van der Waals surface area (Å²) >= 11 is 0. The summed E-state index contributed by atoms with van der Waals surface area (Å²) in [6.07, 6.45) is 0. The molecule has 0 atom stereocenters. The lowest BCUT2D eigenvalue weighted by Gasteiger charge is -2.10. The van der Waals surface area contributed by atoms with Crippen LogP contribution in [0.25, 0.3) is 22.5 Å². The number of hydrogen-bond donors (Lipinski definition) is 1. The van der Waals surface area contributed by atoms with Crippen molar-refractivity contribution in [1.82, 2.24) is 4.98 Å². The number of nitrogens with two attached hydrogens (primary N) is 1. The van der Waals surface area contributed by atoms with Crippen molar-refractivity contribution >= 4 is 5.69 Å². The zero-order valence-electron chi connectivity index (χ0n) is 11.7. The molecule has 0 aliphatic heterocycles. The Kier molecular flexibility index (Phi) is 3.73. The van der Waals surface area contributed by atoms with Crippen LogP contribution in [0, 0.1) is 23.3 Å². The van der Waals surface area contributed by atoms with E-state index in [1.165, 1.54) is 36.4 Å². The zero-order valence-corrected chi connectivity index (χ0v) is 11.7. The van der Waals surface area contributed by atoms with Crippen LogP contribution in [0.5, 0.6) is 0 Å². The second kappa shape index (κ2) is 5.72. The molecule has 1 heterocycles. The molecule has 0 unspecified atom stereocenters. The van der Waals surface area contributed by atoms with Crippen LogP contribution in [0.2, 0.25) is 0 Å². The lowest BCUT2D eigenvalue weighted by molar-refractivity contribution is 0.510. The van der Waals surface area contributed by atoms with Gasteiger partial charge in [0, 0.05) is 11.1 Å². The molecule has 0 bridgehead atoms. The number of rotatable bonds is 2. The fraction of sp³-hybridized carbons (Fsp3) is 0. The van der Waals surface area contributed by atoms with Gasteiger partial charge in [-0.3, -0.25) is 0 Å². The Morgan fingerprint density at radius 3 is 1.91 bits per heavy atom. The third kappa shape index (κ3) is 2.63. The van der Waals surface area contributed by atoms with E-state index in [1.807, 2.05) is 0 Å². The first kappa shape index (κ1) is 15.0. The van der Waals surface area contributed by atoms with Crippen molar-refractivity contribution in [3.63, 3.8) is 0 Å². The molecule has 2 aromatic carbocycles.